The van der Waals surface area contributed by atoms with Crippen molar-refractivity contribution in [3.05, 3.63) is 42.0 Å². The topological polar surface area (TPSA) is 36.3 Å². The van der Waals surface area contributed by atoms with E-state index < -0.39 is 18.3 Å². The van der Waals surface area contributed by atoms with Gasteiger partial charge in [0.25, 0.3) is 0 Å². The molecule has 1 aromatic carbocycles. The van der Waals surface area contributed by atoms with E-state index in [1.54, 1.807) is 16.8 Å². The first-order valence-corrected chi connectivity index (χ1v) is 7.37. The van der Waals surface area contributed by atoms with Crippen molar-refractivity contribution in [1.82, 2.24) is 9.78 Å². The summed E-state index contributed by atoms with van der Waals surface area (Å²) in [6.45, 7) is 9.71. The van der Waals surface area contributed by atoms with E-state index in [9.17, 15) is 4.39 Å². The van der Waals surface area contributed by atoms with E-state index in [-0.39, 0.29) is 5.82 Å². The molecule has 1 saturated heterocycles. The van der Waals surface area contributed by atoms with Crippen molar-refractivity contribution in [2.45, 2.75) is 45.8 Å². The molecule has 0 atom stereocenters. The van der Waals surface area contributed by atoms with Gasteiger partial charge in [-0.05, 0) is 58.9 Å². The van der Waals surface area contributed by atoms with E-state index in [1.807, 2.05) is 46.9 Å². The van der Waals surface area contributed by atoms with Gasteiger partial charge in [0.1, 0.15) is 5.82 Å². The molecule has 0 amide bonds. The zero-order valence-electron chi connectivity index (χ0n) is 13.6. The van der Waals surface area contributed by atoms with Crippen molar-refractivity contribution < 1.29 is 13.7 Å². The van der Waals surface area contributed by atoms with Crippen LogP contribution < -0.4 is 5.46 Å². The molecule has 2 aromatic rings. The van der Waals surface area contributed by atoms with Crippen LogP contribution in [0.15, 0.2) is 30.5 Å². The fourth-order valence-electron chi connectivity index (χ4n) is 2.38. The number of halogens is 1. The maximum absolute atomic E-state index is 14.3. The van der Waals surface area contributed by atoms with Gasteiger partial charge < -0.3 is 9.31 Å². The standard InChI is InChI=1S/C16H20BFN2O2/c1-11-8-9-20(19-11)12-6-7-14(18)13(10-12)17-21-15(2,3)16(4,5)22-17/h6-10H,1-5H3. The molecule has 0 bridgehead atoms. The summed E-state index contributed by atoms with van der Waals surface area (Å²) in [7, 11) is -0.721. The third-order valence-electron chi connectivity index (χ3n) is 4.47. The van der Waals surface area contributed by atoms with Gasteiger partial charge in [-0.3, -0.25) is 0 Å². The minimum absolute atomic E-state index is 0.342. The Morgan fingerprint density at radius 3 is 2.27 bits per heavy atom. The third kappa shape index (κ3) is 2.46. The fourth-order valence-corrected chi connectivity index (χ4v) is 2.38. The summed E-state index contributed by atoms with van der Waals surface area (Å²) in [5.41, 5.74) is 1.08. The largest absolute Gasteiger partial charge is 0.497 e. The Bertz CT molecular complexity index is 696. The maximum Gasteiger partial charge on any atom is 0.497 e. The van der Waals surface area contributed by atoms with Crippen molar-refractivity contribution in [3.63, 3.8) is 0 Å². The highest BCUT2D eigenvalue weighted by atomic mass is 19.1. The lowest BCUT2D eigenvalue weighted by atomic mass is 9.78. The van der Waals surface area contributed by atoms with Gasteiger partial charge in [0.05, 0.1) is 22.6 Å². The normalized spacial score (nSPS) is 19.6. The molecule has 0 spiro atoms. The first kappa shape index (κ1) is 15.2. The van der Waals surface area contributed by atoms with Gasteiger partial charge in [0.15, 0.2) is 0 Å². The van der Waals surface area contributed by atoms with E-state index >= 15 is 0 Å². The monoisotopic (exact) mass is 302 g/mol. The van der Waals surface area contributed by atoms with E-state index in [2.05, 4.69) is 5.10 Å². The zero-order chi connectivity index (χ0) is 16.1. The molecule has 2 heterocycles. The van der Waals surface area contributed by atoms with E-state index in [0.29, 0.717) is 5.46 Å². The minimum Gasteiger partial charge on any atom is -0.399 e. The molecule has 0 unspecified atom stereocenters. The Kier molecular flexibility index (Phi) is 3.42. The molecular formula is C16H20BFN2O2. The lowest BCUT2D eigenvalue weighted by Gasteiger charge is -2.32. The van der Waals surface area contributed by atoms with Crippen LogP contribution >= 0.6 is 0 Å². The molecular weight excluding hydrogens is 282 g/mol. The summed E-state index contributed by atoms with van der Waals surface area (Å²) in [6, 6.07) is 6.74. The third-order valence-corrected chi connectivity index (χ3v) is 4.47. The molecule has 1 aromatic heterocycles. The highest BCUT2D eigenvalue weighted by Crippen LogP contribution is 2.36. The van der Waals surface area contributed by atoms with Gasteiger partial charge in [-0.1, -0.05) is 0 Å². The molecule has 4 nitrogen and oxygen atoms in total. The van der Waals surface area contributed by atoms with Crippen LogP contribution in [0.2, 0.25) is 0 Å². The Morgan fingerprint density at radius 1 is 1.09 bits per heavy atom. The van der Waals surface area contributed by atoms with Crippen molar-refractivity contribution in [2.24, 2.45) is 0 Å². The second-order valence-corrected chi connectivity index (χ2v) is 6.70. The molecule has 22 heavy (non-hydrogen) atoms. The summed E-state index contributed by atoms with van der Waals surface area (Å²) in [5, 5.41) is 4.35. The van der Waals surface area contributed by atoms with Crippen LogP contribution in [0.5, 0.6) is 0 Å². The van der Waals surface area contributed by atoms with Gasteiger partial charge in [-0.2, -0.15) is 5.10 Å². The average molecular weight is 302 g/mol. The van der Waals surface area contributed by atoms with E-state index in [1.165, 1.54) is 6.07 Å². The number of aromatic nitrogens is 2. The lowest BCUT2D eigenvalue weighted by Crippen LogP contribution is -2.41. The molecule has 3 rings (SSSR count). The Balaban J connectivity index is 1.98. The lowest BCUT2D eigenvalue weighted by molar-refractivity contribution is 0.00578. The van der Waals surface area contributed by atoms with Crippen molar-refractivity contribution in [3.8, 4) is 5.69 Å². The second-order valence-electron chi connectivity index (χ2n) is 6.70. The summed E-state index contributed by atoms with van der Waals surface area (Å²) >= 11 is 0. The SMILES string of the molecule is Cc1ccn(-c2ccc(F)c(B3OC(C)(C)C(C)(C)O3)c2)n1. The average Bonchev–Trinajstić information content (AvgIpc) is 2.92. The predicted octanol–water partition coefficient (Wildman–Crippen LogP) is 2.62. The van der Waals surface area contributed by atoms with Gasteiger partial charge in [-0.25, -0.2) is 9.07 Å². The van der Waals surface area contributed by atoms with Gasteiger partial charge in [-0.15, -0.1) is 0 Å². The second kappa shape index (κ2) is 4.93. The maximum atomic E-state index is 14.3. The summed E-state index contributed by atoms with van der Waals surface area (Å²) in [6.07, 6.45) is 1.84. The number of nitrogens with zero attached hydrogens (tertiary/aromatic N) is 2. The van der Waals surface area contributed by atoms with Gasteiger partial charge in [0, 0.05) is 11.7 Å². The first-order chi connectivity index (χ1) is 10.2. The predicted molar refractivity (Wildman–Crippen MR) is 84.0 cm³/mol. The Hall–Kier alpha value is -1.66. The molecule has 116 valence electrons. The molecule has 0 N–H and O–H groups in total. The number of rotatable bonds is 2. The van der Waals surface area contributed by atoms with Crippen LogP contribution in [0.3, 0.4) is 0 Å². The van der Waals surface area contributed by atoms with Crippen molar-refractivity contribution in [2.75, 3.05) is 0 Å². The minimum atomic E-state index is -0.721. The van der Waals surface area contributed by atoms with Gasteiger partial charge >= 0.3 is 7.12 Å². The van der Waals surface area contributed by atoms with Crippen LogP contribution in [0.4, 0.5) is 4.39 Å². The Labute approximate surface area is 130 Å². The van der Waals surface area contributed by atoms with Crippen LogP contribution in [-0.4, -0.2) is 28.1 Å². The highest BCUT2D eigenvalue weighted by molar-refractivity contribution is 6.62. The first-order valence-electron chi connectivity index (χ1n) is 7.37. The number of hydrogen-bond donors (Lipinski definition) is 0. The number of aryl methyl sites for hydroxylation is 1. The molecule has 0 radical (unpaired) electrons. The summed E-state index contributed by atoms with van der Waals surface area (Å²) in [4.78, 5) is 0. The fraction of sp³-hybridized carbons (Fsp3) is 0.438. The molecule has 0 saturated carbocycles. The van der Waals surface area contributed by atoms with Crippen molar-refractivity contribution in [1.29, 1.82) is 0 Å². The molecule has 1 aliphatic heterocycles. The smallest absolute Gasteiger partial charge is 0.399 e. The van der Waals surface area contributed by atoms with E-state index in [0.717, 1.165) is 11.4 Å². The van der Waals surface area contributed by atoms with E-state index in [4.69, 9.17) is 9.31 Å². The van der Waals surface area contributed by atoms with Crippen LogP contribution in [0, 0.1) is 12.7 Å². The van der Waals surface area contributed by atoms with Crippen LogP contribution in [-0.2, 0) is 9.31 Å². The molecule has 1 fully saturated rings. The van der Waals surface area contributed by atoms with Crippen molar-refractivity contribution >= 4 is 12.6 Å². The Morgan fingerprint density at radius 2 is 1.73 bits per heavy atom. The van der Waals surface area contributed by atoms with Gasteiger partial charge in [0.2, 0.25) is 0 Å². The van der Waals surface area contributed by atoms with Crippen LogP contribution in [0.25, 0.3) is 5.69 Å². The number of benzene rings is 1. The highest BCUT2D eigenvalue weighted by Gasteiger charge is 2.52. The zero-order valence-corrected chi connectivity index (χ0v) is 13.6. The quantitative estimate of drug-likeness (QED) is 0.800. The summed E-state index contributed by atoms with van der Waals surface area (Å²) < 4.78 is 27.8. The summed E-state index contributed by atoms with van der Waals surface area (Å²) in [5.74, 6) is -0.342. The molecule has 6 heteroatoms. The molecule has 1 aliphatic rings. The molecule has 0 aliphatic carbocycles. The number of hydrogen-bond acceptors (Lipinski definition) is 3. The van der Waals surface area contributed by atoms with Crippen LogP contribution in [0.1, 0.15) is 33.4 Å².